The summed E-state index contributed by atoms with van der Waals surface area (Å²) in [6.07, 6.45) is 17.1. The van der Waals surface area contributed by atoms with Gasteiger partial charge in [-0.15, -0.1) is 12.3 Å². The molecule has 0 aromatic carbocycles. The predicted molar refractivity (Wildman–Crippen MR) is 73.5 cm³/mol. The summed E-state index contributed by atoms with van der Waals surface area (Å²) >= 11 is 0. The topological polar surface area (TPSA) is 12.0 Å². The molecule has 0 heterocycles. The summed E-state index contributed by atoms with van der Waals surface area (Å²) in [6, 6.07) is 0.547. The zero-order chi connectivity index (χ0) is 12.1. The zero-order valence-corrected chi connectivity index (χ0v) is 11.2. The maximum atomic E-state index is 5.35. The Morgan fingerprint density at radius 1 is 1.00 bits per heavy atom. The van der Waals surface area contributed by atoms with Crippen molar-refractivity contribution in [2.24, 2.45) is 0 Å². The Morgan fingerprint density at radius 2 is 1.62 bits per heavy atom. The van der Waals surface area contributed by atoms with Gasteiger partial charge in [-0.05, 0) is 13.0 Å². The molecule has 0 saturated heterocycles. The molecule has 0 rings (SSSR count). The van der Waals surface area contributed by atoms with Crippen LogP contribution >= 0.6 is 0 Å². The molecule has 1 N–H and O–H groups in total. The van der Waals surface area contributed by atoms with Gasteiger partial charge in [-0.25, -0.2) is 0 Å². The third kappa shape index (κ3) is 10.1. The summed E-state index contributed by atoms with van der Waals surface area (Å²) in [7, 11) is 0. The van der Waals surface area contributed by atoms with E-state index in [-0.39, 0.29) is 0 Å². The number of hydrogen-bond donors (Lipinski definition) is 1. The Hall–Kier alpha value is -0.480. The van der Waals surface area contributed by atoms with E-state index in [4.69, 9.17) is 6.42 Å². The van der Waals surface area contributed by atoms with Crippen LogP contribution in [0.5, 0.6) is 0 Å². The van der Waals surface area contributed by atoms with E-state index in [1.807, 2.05) is 0 Å². The maximum absolute atomic E-state index is 5.35. The minimum absolute atomic E-state index is 0.547. The fraction of sp³-hybridized carbons (Fsp3) is 0.867. The second-order valence-electron chi connectivity index (χ2n) is 4.57. The molecule has 16 heavy (non-hydrogen) atoms. The Labute approximate surface area is 102 Å². The van der Waals surface area contributed by atoms with Crippen LogP contribution in [0.1, 0.15) is 71.6 Å². The molecule has 1 atom stereocenters. The predicted octanol–water partition coefficient (Wildman–Crippen LogP) is 4.13. The highest BCUT2D eigenvalue weighted by Gasteiger charge is 2.04. The SMILES string of the molecule is C#CCC(CCCCCCCCC)NCC. The van der Waals surface area contributed by atoms with Crippen LogP contribution in [-0.4, -0.2) is 12.6 Å². The first-order valence-corrected chi connectivity index (χ1v) is 7.02. The summed E-state index contributed by atoms with van der Waals surface area (Å²) < 4.78 is 0. The molecule has 0 aliphatic heterocycles. The van der Waals surface area contributed by atoms with Crippen LogP contribution in [0.15, 0.2) is 0 Å². The van der Waals surface area contributed by atoms with Crippen molar-refractivity contribution in [2.45, 2.75) is 77.7 Å². The van der Waals surface area contributed by atoms with Crippen molar-refractivity contribution in [3.63, 3.8) is 0 Å². The smallest absolute Gasteiger partial charge is 0.0240 e. The number of nitrogens with one attached hydrogen (secondary N) is 1. The Bertz CT molecular complexity index is 169. The summed E-state index contributed by atoms with van der Waals surface area (Å²) in [4.78, 5) is 0. The van der Waals surface area contributed by atoms with Gasteiger partial charge in [0, 0.05) is 12.5 Å². The Morgan fingerprint density at radius 3 is 2.19 bits per heavy atom. The van der Waals surface area contributed by atoms with E-state index in [1.165, 1.54) is 51.4 Å². The van der Waals surface area contributed by atoms with Crippen molar-refractivity contribution >= 4 is 0 Å². The Kier molecular flexibility index (Phi) is 12.2. The molecule has 0 spiro atoms. The van der Waals surface area contributed by atoms with Crippen LogP contribution in [0.25, 0.3) is 0 Å². The molecule has 0 bridgehead atoms. The van der Waals surface area contributed by atoms with Gasteiger partial charge in [-0.3, -0.25) is 0 Å². The fourth-order valence-electron chi connectivity index (χ4n) is 2.06. The molecule has 0 aliphatic carbocycles. The normalized spacial score (nSPS) is 12.3. The molecule has 94 valence electrons. The first-order chi connectivity index (χ1) is 7.85. The zero-order valence-electron chi connectivity index (χ0n) is 11.2. The van der Waals surface area contributed by atoms with Crippen molar-refractivity contribution in [3.8, 4) is 12.3 Å². The fourth-order valence-corrected chi connectivity index (χ4v) is 2.06. The van der Waals surface area contributed by atoms with Crippen molar-refractivity contribution < 1.29 is 0 Å². The first kappa shape index (κ1) is 15.5. The molecule has 1 heteroatoms. The number of rotatable bonds is 11. The average Bonchev–Trinajstić information content (AvgIpc) is 2.28. The third-order valence-electron chi connectivity index (χ3n) is 3.01. The highest BCUT2D eigenvalue weighted by atomic mass is 14.9. The summed E-state index contributed by atoms with van der Waals surface area (Å²) in [6.45, 7) is 5.44. The lowest BCUT2D eigenvalue weighted by Gasteiger charge is -2.14. The van der Waals surface area contributed by atoms with Crippen LogP contribution in [0.4, 0.5) is 0 Å². The van der Waals surface area contributed by atoms with Crippen LogP contribution < -0.4 is 5.32 Å². The summed E-state index contributed by atoms with van der Waals surface area (Å²) in [5.41, 5.74) is 0. The van der Waals surface area contributed by atoms with Gasteiger partial charge in [0.1, 0.15) is 0 Å². The van der Waals surface area contributed by atoms with Crippen LogP contribution in [0, 0.1) is 12.3 Å². The summed E-state index contributed by atoms with van der Waals surface area (Å²) in [5, 5.41) is 3.45. The standard InChI is InChI=1S/C15H29N/c1-4-7-8-9-10-11-12-14-15(13-5-2)16-6-3/h2,15-16H,4,6-14H2,1,3H3. The number of unbranched alkanes of at least 4 members (excludes halogenated alkanes) is 6. The van der Waals surface area contributed by atoms with Gasteiger partial charge in [-0.2, -0.15) is 0 Å². The largest absolute Gasteiger partial charge is 0.313 e. The minimum atomic E-state index is 0.547. The highest BCUT2D eigenvalue weighted by molar-refractivity contribution is 4.89. The van der Waals surface area contributed by atoms with Gasteiger partial charge in [0.2, 0.25) is 0 Å². The van der Waals surface area contributed by atoms with E-state index in [9.17, 15) is 0 Å². The lowest BCUT2D eigenvalue weighted by atomic mass is 10.0. The van der Waals surface area contributed by atoms with Gasteiger partial charge in [0.15, 0.2) is 0 Å². The van der Waals surface area contributed by atoms with Gasteiger partial charge >= 0.3 is 0 Å². The van der Waals surface area contributed by atoms with Gasteiger partial charge in [-0.1, -0.05) is 58.8 Å². The molecule has 0 radical (unpaired) electrons. The molecule has 0 amide bonds. The van der Waals surface area contributed by atoms with Gasteiger partial charge < -0.3 is 5.32 Å². The maximum Gasteiger partial charge on any atom is 0.0240 e. The molecule has 0 aliphatic rings. The van der Waals surface area contributed by atoms with Crippen LogP contribution in [0.3, 0.4) is 0 Å². The van der Waals surface area contributed by atoms with E-state index >= 15 is 0 Å². The Balaban J connectivity index is 3.30. The van der Waals surface area contributed by atoms with Crippen LogP contribution in [0.2, 0.25) is 0 Å². The quantitative estimate of drug-likeness (QED) is 0.410. The monoisotopic (exact) mass is 223 g/mol. The molecular weight excluding hydrogens is 194 g/mol. The van der Waals surface area contributed by atoms with E-state index in [2.05, 4.69) is 25.1 Å². The highest BCUT2D eigenvalue weighted by Crippen LogP contribution is 2.10. The van der Waals surface area contributed by atoms with E-state index in [0.717, 1.165) is 13.0 Å². The van der Waals surface area contributed by atoms with Crippen molar-refractivity contribution in [3.05, 3.63) is 0 Å². The van der Waals surface area contributed by atoms with Crippen LogP contribution in [-0.2, 0) is 0 Å². The third-order valence-corrected chi connectivity index (χ3v) is 3.01. The molecular formula is C15H29N. The average molecular weight is 223 g/mol. The van der Waals surface area contributed by atoms with Crippen molar-refractivity contribution in [1.82, 2.24) is 5.32 Å². The summed E-state index contributed by atoms with van der Waals surface area (Å²) in [5.74, 6) is 2.76. The molecule has 0 fully saturated rings. The molecule has 0 aromatic rings. The molecule has 0 saturated carbocycles. The van der Waals surface area contributed by atoms with E-state index in [0.29, 0.717) is 6.04 Å². The number of hydrogen-bond acceptors (Lipinski definition) is 1. The molecule has 1 nitrogen and oxygen atoms in total. The van der Waals surface area contributed by atoms with Gasteiger partial charge in [0.25, 0.3) is 0 Å². The van der Waals surface area contributed by atoms with Gasteiger partial charge in [0.05, 0.1) is 0 Å². The van der Waals surface area contributed by atoms with Crippen molar-refractivity contribution in [1.29, 1.82) is 0 Å². The lowest BCUT2D eigenvalue weighted by Crippen LogP contribution is -2.28. The number of terminal acetylenes is 1. The molecule has 1 unspecified atom stereocenters. The second kappa shape index (κ2) is 12.6. The first-order valence-electron chi connectivity index (χ1n) is 7.02. The minimum Gasteiger partial charge on any atom is -0.313 e. The van der Waals surface area contributed by atoms with Crippen molar-refractivity contribution in [2.75, 3.05) is 6.54 Å². The van der Waals surface area contributed by atoms with E-state index in [1.54, 1.807) is 0 Å². The second-order valence-corrected chi connectivity index (χ2v) is 4.57. The van der Waals surface area contributed by atoms with E-state index < -0.39 is 0 Å². The lowest BCUT2D eigenvalue weighted by molar-refractivity contribution is 0.468. The molecule has 0 aromatic heterocycles.